The highest BCUT2D eigenvalue weighted by Gasteiger charge is 2.49. The number of pyridine rings is 1. The van der Waals surface area contributed by atoms with Gasteiger partial charge in [-0.2, -0.15) is 0 Å². The van der Waals surface area contributed by atoms with Gasteiger partial charge >= 0.3 is 0 Å². The Morgan fingerprint density at radius 1 is 0.431 bits per heavy atom. The minimum Gasteiger partial charge on any atom is -0.309 e. The molecule has 0 saturated carbocycles. The van der Waals surface area contributed by atoms with Gasteiger partial charge in [0.15, 0.2) is 0 Å². The topological polar surface area (TPSA) is 23.8 Å². The Morgan fingerprint density at radius 3 is 1.44 bits per heavy atom. The van der Waals surface area contributed by atoms with Crippen molar-refractivity contribution < 1.29 is 0 Å². The molecular formula is C65H59BN4S2. The summed E-state index contributed by atoms with van der Waals surface area (Å²) in [5.41, 5.74) is 23.7. The predicted molar refractivity (Wildman–Crippen MR) is 310 cm³/mol. The Hall–Kier alpha value is -6.41. The SMILES string of the molecule is CC(C)(C)c1ccc2c(c1)Sc1cc(C(C)(C)C)cc3c1N2c1cc(-c2cccc4nc5c6ccccc6c6ccccc6n5c24)cc2c1B3c1cc(C(C)(C)C)cc3c1N2c1ccc(C(C)(C)C)cc1S3. The van der Waals surface area contributed by atoms with Crippen LogP contribution in [0.2, 0.25) is 0 Å². The fourth-order valence-electron chi connectivity index (χ4n) is 12.2. The molecule has 10 aromatic rings. The highest BCUT2D eigenvalue weighted by atomic mass is 32.2. The number of aromatic nitrogens is 2. The summed E-state index contributed by atoms with van der Waals surface area (Å²) in [6.07, 6.45) is 0. The number of rotatable bonds is 1. The molecule has 0 amide bonds. The van der Waals surface area contributed by atoms with Gasteiger partial charge in [0.2, 0.25) is 0 Å². The van der Waals surface area contributed by atoms with E-state index in [0.29, 0.717) is 0 Å². The predicted octanol–water partition coefficient (Wildman–Crippen LogP) is 16.7. The summed E-state index contributed by atoms with van der Waals surface area (Å²) in [4.78, 5) is 16.1. The van der Waals surface area contributed by atoms with Crippen molar-refractivity contribution in [3.8, 4) is 11.1 Å². The van der Waals surface area contributed by atoms with Gasteiger partial charge in [-0.1, -0.05) is 185 Å². The molecule has 0 N–H and O–H groups in total. The molecule has 2 aromatic heterocycles. The zero-order valence-corrected chi connectivity index (χ0v) is 45.1. The monoisotopic (exact) mass is 970 g/mol. The summed E-state index contributed by atoms with van der Waals surface area (Å²) in [6, 6.07) is 54.3. The van der Waals surface area contributed by atoms with Crippen molar-refractivity contribution in [1.29, 1.82) is 0 Å². The van der Waals surface area contributed by atoms with E-state index in [-0.39, 0.29) is 28.4 Å². The molecule has 7 heteroatoms. The second-order valence-corrected chi connectivity index (χ2v) is 27.1. The van der Waals surface area contributed by atoms with Crippen LogP contribution in [0.25, 0.3) is 49.5 Å². The Labute approximate surface area is 433 Å². The minimum atomic E-state index is -0.0629. The molecule has 0 atom stereocenters. The Balaban J connectivity index is 1.15. The van der Waals surface area contributed by atoms with Crippen LogP contribution in [0.4, 0.5) is 34.1 Å². The molecule has 4 nitrogen and oxygen atoms in total. The Morgan fingerprint density at radius 2 is 0.917 bits per heavy atom. The summed E-state index contributed by atoms with van der Waals surface area (Å²) in [7, 11) is 0. The summed E-state index contributed by atoms with van der Waals surface area (Å²) in [5.74, 6) is 0. The Bertz CT molecular complexity index is 3900. The van der Waals surface area contributed by atoms with E-state index in [4.69, 9.17) is 4.98 Å². The van der Waals surface area contributed by atoms with Crippen LogP contribution in [0.1, 0.15) is 105 Å². The van der Waals surface area contributed by atoms with Crippen molar-refractivity contribution in [2.24, 2.45) is 0 Å². The van der Waals surface area contributed by atoms with Gasteiger partial charge in [0.05, 0.1) is 39.3 Å². The zero-order chi connectivity index (χ0) is 49.7. The largest absolute Gasteiger partial charge is 0.309 e. The standard InChI is InChI=1S/C65H59BN4S2/c1-62(2,3)37-24-26-49-53(32-37)71-55-34-39(64(7,8)9)30-45-59(55)68(49)51-28-36(41-21-17-22-47-58(41)70-48-23-16-15-19-43(48)42-18-13-14-20-44(42)61(70)67-47)29-52-57(51)66(45)46-31-40(65(10,11)12)35-56-60(46)69(52)50-27-25-38(63(4,5)6)33-54(50)72-56/h13-35H,1-12H3. The van der Waals surface area contributed by atoms with Crippen LogP contribution in [-0.2, 0) is 21.7 Å². The highest BCUT2D eigenvalue weighted by Crippen LogP contribution is 2.59. The van der Waals surface area contributed by atoms with Crippen molar-refractivity contribution >= 4 is 119 Å². The summed E-state index contributed by atoms with van der Waals surface area (Å²) < 4.78 is 2.45. The van der Waals surface area contributed by atoms with Crippen LogP contribution in [0.15, 0.2) is 159 Å². The van der Waals surface area contributed by atoms with Crippen LogP contribution >= 0.6 is 23.5 Å². The second kappa shape index (κ2) is 14.6. The lowest BCUT2D eigenvalue weighted by Gasteiger charge is -2.48. The molecule has 14 rings (SSSR count). The lowest BCUT2D eigenvalue weighted by atomic mass is 9.33. The van der Waals surface area contributed by atoms with Gasteiger partial charge in [0.1, 0.15) is 5.65 Å². The van der Waals surface area contributed by atoms with Gasteiger partial charge in [-0.25, -0.2) is 4.98 Å². The van der Waals surface area contributed by atoms with E-state index >= 15 is 0 Å². The lowest BCUT2D eigenvalue weighted by Crippen LogP contribution is -2.62. The first-order valence-corrected chi connectivity index (χ1v) is 27.4. The van der Waals surface area contributed by atoms with Crippen molar-refractivity contribution in [1.82, 2.24) is 9.38 Å². The molecule has 72 heavy (non-hydrogen) atoms. The normalized spacial score (nSPS) is 14.8. The molecule has 6 heterocycles. The van der Waals surface area contributed by atoms with Crippen molar-refractivity contribution in [3.05, 3.63) is 162 Å². The third-order valence-electron chi connectivity index (χ3n) is 16.1. The zero-order valence-electron chi connectivity index (χ0n) is 43.5. The third kappa shape index (κ3) is 6.25. The van der Waals surface area contributed by atoms with E-state index in [0.717, 1.165) is 27.6 Å². The number of para-hydroxylation sites is 2. The average Bonchev–Trinajstić information content (AvgIpc) is 3.74. The number of benzene rings is 8. The molecule has 0 bridgehead atoms. The van der Waals surface area contributed by atoms with Crippen molar-refractivity contribution in [2.75, 3.05) is 9.80 Å². The molecule has 0 unspecified atom stereocenters. The minimum absolute atomic E-state index is 0.00125. The second-order valence-electron chi connectivity index (χ2n) is 24.9. The van der Waals surface area contributed by atoms with Crippen LogP contribution in [0.5, 0.6) is 0 Å². The number of hydrogen-bond donors (Lipinski definition) is 0. The maximum Gasteiger partial charge on any atom is 0.252 e. The molecule has 354 valence electrons. The van der Waals surface area contributed by atoms with E-state index in [1.807, 2.05) is 23.5 Å². The molecule has 4 aliphatic heterocycles. The molecule has 0 aliphatic carbocycles. The van der Waals surface area contributed by atoms with E-state index in [1.54, 1.807) is 0 Å². The molecular weight excluding hydrogens is 912 g/mol. The number of fused-ring (bicyclic) bond motifs is 16. The van der Waals surface area contributed by atoms with Gasteiger partial charge in [-0.05, 0) is 132 Å². The number of imidazole rings is 1. The smallest absolute Gasteiger partial charge is 0.252 e. The van der Waals surface area contributed by atoms with Crippen LogP contribution in [0.3, 0.4) is 0 Å². The van der Waals surface area contributed by atoms with Crippen molar-refractivity contribution in [2.45, 2.75) is 124 Å². The quantitative estimate of drug-likeness (QED) is 0.121. The molecule has 0 fully saturated rings. The lowest BCUT2D eigenvalue weighted by molar-refractivity contribution is 0.588. The maximum atomic E-state index is 5.50. The summed E-state index contributed by atoms with van der Waals surface area (Å²) in [5, 5.41) is 3.61. The fraction of sp³-hybridized carbons (Fsp3) is 0.246. The third-order valence-corrected chi connectivity index (χ3v) is 18.2. The van der Waals surface area contributed by atoms with E-state index < -0.39 is 0 Å². The van der Waals surface area contributed by atoms with Crippen LogP contribution in [-0.4, -0.2) is 16.1 Å². The first kappa shape index (κ1) is 44.3. The van der Waals surface area contributed by atoms with Gasteiger partial charge in [-0.15, -0.1) is 0 Å². The number of anilines is 6. The van der Waals surface area contributed by atoms with E-state index in [9.17, 15) is 0 Å². The van der Waals surface area contributed by atoms with Gasteiger partial charge in [-0.3, -0.25) is 4.40 Å². The van der Waals surface area contributed by atoms with Gasteiger partial charge in [0.25, 0.3) is 6.71 Å². The first-order valence-electron chi connectivity index (χ1n) is 25.7. The first-order chi connectivity index (χ1) is 34.2. The van der Waals surface area contributed by atoms with Crippen LogP contribution < -0.4 is 26.2 Å². The fourth-order valence-corrected chi connectivity index (χ4v) is 14.5. The number of nitrogens with zero attached hydrogens (tertiary/aromatic N) is 4. The summed E-state index contributed by atoms with van der Waals surface area (Å²) in [6.45, 7) is 28.3. The molecule has 0 radical (unpaired) electrons. The molecule has 0 saturated heterocycles. The molecule has 4 aliphatic rings. The van der Waals surface area contributed by atoms with Crippen LogP contribution in [0, 0.1) is 0 Å². The van der Waals surface area contributed by atoms with Gasteiger partial charge in [0, 0.05) is 47.3 Å². The molecule has 8 aromatic carbocycles. The molecule has 0 spiro atoms. The number of hydrogen-bond acceptors (Lipinski definition) is 5. The van der Waals surface area contributed by atoms with E-state index in [1.165, 1.54) is 114 Å². The average molecular weight is 971 g/mol. The Kier molecular flexibility index (Phi) is 9.01. The summed E-state index contributed by atoms with van der Waals surface area (Å²) >= 11 is 3.92. The highest BCUT2D eigenvalue weighted by molar-refractivity contribution is 8.00. The van der Waals surface area contributed by atoms with Crippen molar-refractivity contribution in [3.63, 3.8) is 0 Å². The maximum absolute atomic E-state index is 5.50. The van der Waals surface area contributed by atoms with Gasteiger partial charge < -0.3 is 9.80 Å². The van der Waals surface area contributed by atoms with E-state index in [2.05, 4.69) is 237 Å².